The maximum Gasteiger partial charge on any atom is 0.123 e. The molecule has 1 aliphatic rings. The van der Waals surface area contributed by atoms with E-state index in [1.54, 1.807) is 0 Å². The van der Waals surface area contributed by atoms with Crippen LogP contribution in [0, 0.1) is 5.82 Å². The highest BCUT2D eigenvalue weighted by molar-refractivity contribution is 5.85. The van der Waals surface area contributed by atoms with Crippen LogP contribution in [0.4, 0.5) is 4.39 Å². The summed E-state index contributed by atoms with van der Waals surface area (Å²) in [6.45, 7) is 1.11. The van der Waals surface area contributed by atoms with Crippen LogP contribution in [-0.2, 0) is 0 Å². The van der Waals surface area contributed by atoms with Crippen molar-refractivity contribution in [3.63, 3.8) is 0 Å². The van der Waals surface area contributed by atoms with Crippen LogP contribution >= 0.6 is 24.8 Å². The van der Waals surface area contributed by atoms with Gasteiger partial charge in [0.25, 0.3) is 0 Å². The quantitative estimate of drug-likeness (QED) is 0.667. The third kappa shape index (κ3) is 6.94. The molecule has 1 aromatic rings. The van der Waals surface area contributed by atoms with Crippen LogP contribution < -0.4 is 16.2 Å². The molecule has 0 aliphatic carbocycles. The topological polar surface area (TPSA) is 36.1 Å². The third-order valence-corrected chi connectivity index (χ3v) is 3.73. The van der Waals surface area contributed by atoms with Crippen molar-refractivity contribution in [2.75, 3.05) is 13.6 Å². The smallest absolute Gasteiger partial charge is 0.123 e. The van der Waals surface area contributed by atoms with Gasteiger partial charge in [-0.05, 0) is 50.6 Å². The minimum Gasteiger partial charge on any atom is -0.320 e. The number of hydrazine groups is 1. The minimum absolute atomic E-state index is 0. The fourth-order valence-corrected chi connectivity index (χ4v) is 2.59. The van der Waals surface area contributed by atoms with Gasteiger partial charge in [0, 0.05) is 12.1 Å². The van der Waals surface area contributed by atoms with E-state index in [1.807, 2.05) is 19.2 Å². The largest absolute Gasteiger partial charge is 0.320 e. The monoisotopic (exact) mass is 337 g/mol. The lowest BCUT2D eigenvalue weighted by Crippen LogP contribution is -2.30. The SMILES string of the molecule is CNCCCCCC1CC(c2ccc(F)cc2)NN1.Cl.Cl. The Labute approximate surface area is 139 Å². The highest BCUT2D eigenvalue weighted by atomic mass is 35.5. The van der Waals surface area contributed by atoms with E-state index < -0.39 is 0 Å². The van der Waals surface area contributed by atoms with E-state index in [-0.39, 0.29) is 30.6 Å². The predicted octanol–water partition coefficient (Wildman–Crippen LogP) is 3.36. The Morgan fingerprint density at radius 2 is 1.81 bits per heavy atom. The average molecular weight is 338 g/mol. The summed E-state index contributed by atoms with van der Waals surface area (Å²) in [6.07, 6.45) is 6.07. The lowest BCUT2D eigenvalue weighted by atomic mass is 9.99. The second-order valence-corrected chi connectivity index (χ2v) is 5.28. The Morgan fingerprint density at radius 1 is 1.10 bits per heavy atom. The van der Waals surface area contributed by atoms with Crippen molar-refractivity contribution in [3.8, 4) is 0 Å². The van der Waals surface area contributed by atoms with E-state index in [0.717, 1.165) is 18.5 Å². The molecule has 0 saturated carbocycles. The van der Waals surface area contributed by atoms with Crippen LogP contribution in [0.3, 0.4) is 0 Å². The number of rotatable bonds is 7. The Bertz CT molecular complexity index is 376. The molecule has 1 aromatic carbocycles. The second-order valence-electron chi connectivity index (χ2n) is 5.28. The lowest BCUT2D eigenvalue weighted by Gasteiger charge is -2.09. The zero-order valence-corrected chi connectivity index (χ0v) is 14.0. The van der Waals surface area contributed by atoms with Gasteiger partial charge in [0.1, 0.15) is 5.82 Å². The summed E-state index contributed by atoms with van der Waals surface area (Å²) in [5, 5.41) is 3.17. The number of halogens is 3. The first-order chi connectivity index (χ1) is 9.29. The number of hydrogen-bond acceptors (Lipinski definition) is 3. The fourth-order valence-electron chi connectivity index (χ4n) is 2.59. The summed E-state index contributed by atoms with van der Waals surface area (Å²) in [5.74, 6) is -0.171. The van der Waals surface area contributed by atoms with Crippen LogP contribution in [0.5, 0.6) is 0 Å². The van der Waals surface area contributed by atoms with Crippen molar-refractivity contribution < 1.29 is 4.39 Å². The highest BCUT2D eigenvalue weighted by Gasteiger charge is 2.24. The van der Waals surface area contributed by atoms with Crippen molar-refractivity contribution in [3.05, 3.63) is 35.6 Å². The van der Waals surface area contributed by atoms with E-state index in [2.05, 4.69) is 16.2 Å². The Hall–Kier alpha value is -0.390. The molecule has 0 aromatic heterocycles. The standard InChI is InChI=1S/C15H24FN3.2ClH/c1-17-10-4-2-3-5-14-11-15(19-18-14)12-6-8-13(16)9-7-12;;/h6-9,14-15,17-19H,2-5,10-11H2,1H3;2*1H. The van der Waals surface area contributed by atoms with Crippen molar-refractivity contribution in [2.45, 2.75) is 44.2 Å². The molecule has 1 fully saturated rings. The zero-order chi connectivity index (χ0) is 13.5. The molecule has 21 heavy (non-hydrogen) atoms. The molecule has 3 nitrogen and oxygen atoms in total. The van der Waals surface area contributed by atoms with Crippen LogP contribution in [0.2, 0.25) is 0 Å². The summed E-state index contributed by atoms with van der Waals surface area (Å²) < 4.78 is 12.9. The second kappa shape index (κ2) is 11.2. The first-order valence-corrected chi connectivity index (χ1v) is 7.20. The molecule has 122 valence electrons. The van der Waals surface area contributed by atoms with Gasteiger partial charge >= 0.3 is 0 Å². The number of hydrogen-bond donors (Lipinski definition) is 3. The third-order valence-electron chi connectivity index (χ3n) is 3.73. The zero-order valence-electron chi connectivity index (χ0n) is 12.4. The molecule has 0 amide bonds. The van der Waals surface area contributed by atoms with Gasteiger partial charge in [0.2, 0.25) is 0 Å². The van der Waals surface area contributed by atoms with Crippen LogP contribution in [-0.4, -0.2) is 19.6 Å². The van der Waals surface area contributed by atoms with E-state index in [0.29, 0.717) is 12.1 Å². The van der Waals surface area contributed by atoms with Crippen molar-refractivity contribution in [1.29, 1.82) is 0 Å². The summed E-state index contributed by atoms with van der Waals surface area (Å²) in [5.41, 5.74) is 7.82. The van der Waals surface area contributed by atoms with Crippen LogP contribution in [0.15, 0.2) is 24.3 Å². The molecule has 1 aliphatic heterocycles. The predicted molar refractivity (Wildman–Crippen MR) is 90.7 cm³/mol. The lowest BCUT2D eigenvalue weighted by molar-refractivity contribution is 0.486. The molecule has 1 heterocycles. The van der Waals surface area contributed by atoms with Gasteiger partial charge < -0.3 is 5.32 Å². The molecule has 6 heteroatoms. The van der Waals surface area contributed by atoms with E-state index in [9.17, 15) is 4.39 Å². The highest BCUT2D eigenvalue weighted by Crippen LogP contribution is 2.24. The van der Waals surface area contributed by atoms with Gasteiger partial charge in [0.05, 0.1) is 0 Å². The Morgan fingerprint density at radius 3 is 2.48 bits per heavy atom. The van der Waals surface area contributed by atoms with Gasteiger partial charge in [-0.15, -0.1) is 24.8 Å². The van der Waals surface area contributed by atoms with Crippen molar-refractivity contribution >= 4 is 24.8 Å². The molecule has 3 N–H and O–H groups in total. The first kappa shape index (κ1) is 20.6. The van der Waals surface area contributed by atoms with Gasteiger partial charge in [0.15, 0.2) is 0 Å². The normalized spacial score (nSPS) is 20.7. The minimum atomic E-state index is -0.171. The number of unbranched alkanes of at least 4 members (excludes halogenated alkanes) is 2. The average Bonchev–Trinajstić information content (AvgIpc) is 2.88. The molecule has 2 unspecified atom stereocenters. The first-order valence-electron chi connectivity index (χ1n) is 7.20. The van der Waals surface area contributed by atoms with Crippen molar-refractivity contribution in [1.82, 2.24) is 16.2 Å². The Balaban J connectivity index is 0.00000200. The number of nitrogens with one attached hydrogen (secondary N) is 3. The van der Waals surface area contributed by atoms with E-state index >= 15 is 0 Å². The van der Waals surface area contributed by atoms with Crippen molar-refractivity contribution in [2.24, 2.45) is 0 Å². The summed E-state index contributed by atoms with van der Waals surface area (Å²) in [7, 11) is 2.00. The summed E-state index contributed by atoms with van der Waals surface area (Å²) >= 11 is 0. The van der Waals surface area contributed by atoms with Crippen LogP contribution in [0.25, 0.3) is 0 Å². The number of benzene rings is 1. The molecule has 0 radical (unpaired) electrons. The van der Waals surface area contributed by atoms with Gasteiger partial charge in [-0.2, -0.15) is 0 Å². The molecule has 0 bridgehead atoms. The summed E-state index contributed by atoms with van der Waals surface area (Å²) in [6, 6.07) is 7.63. The van der Waals surface area contributed by atoms with Gasteiger partial charge in [-0.3, -0.25) is 10.9 Å². The molecule has 1 saturated heterocycles. The molecule has 0 spiro atoms. The molecular formula is C15H26Cl2FN3. The van der Waals surface area contributed by atoms with Gasteiger partial charge in [-0.1, -0.05) is 25.0 Å². The van der Waals surface area contributed by atoms with Crippen LogP contribution in [0.1, 0.15) is 43.7 Å². The maximum atomic E-state index is 12.9. The summed E-state index contributed by atoms with van der Waals surface area (Å²) in [4.78, 5) is 0. The van der Waals surface area contributed by atoms with E-state index in [4.69, 9.17) is 0 Å². The van der Waals surface area contributed by atoms with E-state index in [1.165, 1.54) is 37.8 Å². The maximum absolute atomic E-state index is 12.9. The molecule has 2 atom stereocenters. The molecular weight excluding hydrogens is 312 g/mol. The fraction of sp³-hybridized carbons (Fsp3) is 0.600. The molecule has 2 rings (SSSR count). The van der Waals surface area contributed by atoms with Gasteiger partial charge in [-0.25, -0.2) is 4.39 Å². The Kier molecular flexibility index (Phi) is 11.0.